The van der Waals surface area contributed by atoms with Crippen LogP contribution >= 0.6 is 0 Å². The number of anilines is 1. The average molecular weight is 403 g/mol. The van der Waals surface area contributed by atoms with Crippen molar-refractivity contribution in [2.75, 3.05) is 18.0 Å². The first kappa shape index (κ1) is 18.7. The van der Waals surface area contributed by atoms with Crippen molar-refractivity contribution >= 4 is 16.7 Å². The number of fused-ring (bicyclic) bond motifs is 1. The number of H-pyrrole nitrogens is 2. The third-order valence-electron chi connectivity index (χ3n) is 5.50. The molecule has 0 bridgehead atoms. The SMILES string of the molecule is CC(C)(C)NC1CCN(c2ccc(-c3ccc(-c4cn[nH]c4)c4cn[nH]c34)nn2)C1. The number of nitrogens with zero attached hydrogens (tertiary/aromatic N) is 5. The van der Waals surface area contributed by atoms with E-state index in [1.807, 2.05) is 24.7 Å². The lowest BCUT2D eigenvalue weighted by atomic mass is 10.0. The largest absolute Gasteiger partial charge is 0.354 e. The standard InChI is InChI=1S/C22H26N8/c1-22(2,3)26-15-8-9-30(13-15)20-7-6-19(27-28-20)17-5-4-16(14-10-23-24-11-14)18-12-25-29-21(17)18/h4-7,10-12,15,26H,8-9,13H2,1-3H3,(H,23,24)(H,25,29). The van der Waals surface area contributed by atoms with Crippen LogP contribution in [0.15, 0.2) is 42.9 Å². The molecule has 1 fully saturated rings. The summed E-state index contributed by atoms with van der Waals surface area (Å²) in [5.41, 5.74) is 5.00. The maximum atomic E-state index is 4.54. The third kappa shape index (κ3) is 3.54. The van der Waals surface area contributed by atoms with Crippen molar-refractivity contribution in [2.24, 2.45) is 0 Å². The molecule has 0 radical (unpaired) electrons. The van der Waals surface area contributed by atoms with E-state index in [-0.39, 0.29) is 5.54 Å². The Morgan fingerprint density at radius 3 is 2.63 bits per heavy atom. The maximum absolute atomic E-state index is 4.54. The molecule has 4 aromatic rings. The fourth-order valence-electron chi connectivity index (χ4n) is 4.23. The van der Waals surface area contributed by atoms with Crippen molar-refractivity contribution in [1.82, 2.24) is 35.9 Å². The molecule has 5 rings (SSSR count). The van der Waals surface area contributed by atoms with Gasteiger partial charge in [-0.05, 0) is 51.0 Å². The van der Waals surface area contributed by atoms with E-state index >= 15 is 0 Å². The Hall–Kier alpha value is -3.26. The van der Waals surface area contributed by atoms with Gasteiger partial charge in [-0.1, -0.05) is 6.07 Å². The van der Waals surface area contributed by atoms with Crippen molar-refractivity contribution in [3.8, 4) is 22.4 Å². The molecule has 1 aliphatic rings. The van der Waals surface area contributed by atoms with Gasteiger partial charge in [0.2, 0.25) is 0 Å². The molecule has 1 aliphatic heterocycles. The van der Waals surface area contributed by atoms with Gasteiger partial charge in [-0.25, -0.2) is 0 Å². The Bertz CT molecular complexity index is 1140. The van der Waals surface area contributed by atoms with Gasteiger partial charge in [-0.2, -0.15) is 10.2 Å². The highest BCUT2D eigenvalue weighted by Crippen LogP contribution is 2.33. The lowest BCUT2D eigenvalue weighted by molar-refractivity contribution is 0.373. The molecule has 0 spiro atoms. The summed E-state index contributed by atoms with van der Waals surface area (Å²) in [7, 11) is 0. The monoisotopic (exact) mass is 402 g/mol. The van der Waals surface area contributed by atoms with Crippen molar-refractivity contribution < 1.29 is 0 Å². The molecule has 1 aromatic carbocycles. The fraction of sp³-hybridized carbons (Fsp3) is 0.364. The lowest BCUT2D eigenvalue weighted by Gasteiger charge is -2.26. The van der Waals surface area contributed by atoms with Gasteiger partial charge in [-0.3, -0.25) is 10.2 Å². The number of aromatic amines is 2. The van der Waals surface area contributed by atoms with E-state index in [1.165, 1.54) is 0 Å². The summed E-state index contributed by atoms with van der Waals surface area (Å²) in [6.45, 7) is 8.57. The van der Waals surface area contributed by atoms with Crippen molar-refractivity contribution in [2.45, 2.75) is 38.8 Å². The molecule has 1 atom stereocenters. The Morgan fingerprint density at radius 1 is 1.03 bits per heavy atom. The highest BCUT2D eigenvalue weighted by atomic mass is 15.3. The first-order valence-electron chi connectivity index (χ1n) is 10.3. The van der Waals surface area contributed by atoms with Crippen molar-refractivity contribution in [1.29, 1.82) is 0 Å². The molecular weight excluding hydrogens is 376 g/mol. The second kappa shape index (κ2) is 7.21. The first-order valence-corrected chi connectivity index (χ1v) is 10.3. The van der Waals surface area contributed by atoms with E-state index < -0.39 is 0 Å². The molecule has 3 aromatic heterocycles. The fourth-order valence-corrected chi connectivity index (χ4v) is 4.23. The molecule has 4 heterocycles. The van der Waals surface area contributed by atoms with Crippen LogP contribution < -0.4 is 10.2 Å². The van der Waals surface area contributed by atoms with E-state index in [9.17, 15) is 0 Å². The highest BCUT2D eigenvalue weighted by Gasteiger charge is 2.26. The zero-order valence-corrected chi connectivity index (χ0v) is 17.5. The summed E-state index contributed by atoms with van der Waals surface area (Å²) >= 11 is 0. The average Bonchev–Trinajstić information content (AvgIpc) is 3.47. The molecule has 30 heavy (non-hydrogen) atoms. The lowest BCUT2D eigenvalue weighted by Crippen LogP contribution is -2.45. The van der Waals surface area contributed by atoms with Gasteiger partial charge >= 0.3 is 0 Å². The minimum Gasteiger partial charge on any atom is -0.354 e. The zero-order valence-electron chi connectivity index (χ0n) is 17.5. The summed E-state index contributed by atoms with van der Waals surface area (Å²) in [5, 5.41) is 28.1. The van der Waals surface area contributed by atoms with Gasteiger partial charge in [0.15, 0.2) is 5.82 Å². The second-order valence-corrected chi connectivity index (χ2v) is 8.91. The molecule has 8 nitrogen and oxygen atoms in total. The molecule has 1 saturated heterocycles. The van der Waals surface area contributed by atoms with Crippen LogP contribution in [0.4, 0.5) is 5.82 Å². The van der Waals surface area contributed by atoms with E-state index in [0.29, 0.717) is 6.04 Å². The van der Waals surface area contributed by atoms with Crippen LogP contribution in [0.5, 0.6) is 0 Å². The second-order valence-electron chi connectivity index (χ2n) is 8.91. The summed E-state index contributed by atoms with van der Waals surface area (Å²) in [6.07, 6.45) is 6.66. The van der Waals surface area contributed by atoms with Gasteiger partial charge in [-0.15, -0.1) is 10.2 Å². The van der Waals surface area contributed by atoms with Crippen LogP contribution in [0.3, 0.4) is 0 Å². The predicted octanol–water partition coefficient (Wildman–Crippen LogP) is 3.38. The Morgan fingerprint density at radius 2 is 1.90 bits per heavy atom. The summed E-state index contributed by atoms with van der Waals surface area (Å²) < 4.78 is 0. The number of aromatic nitrogens is 6. The Kier molecular flexibility index (Phi) is 4.51. The van der Waals surface area contributed by atoms with Crippen LogP contribution in [0.1, 0.15) is 27.2 Å². The van der Waals surface area contributed by atoms with Gasteiger partial charge in [0.1, 0.15) is 0 Å². The van der Waals surface area contributed by atoms with Gasteiger partial charge < -0.3 is 10.2 Å². The molecule has 0 aliphatic carbocycles. The molecule has 3 N–H and O–H groups in total. The quantitative estimate of drug-likeness (QED) is 0.484. The van der Waals surface area contributed by atoms with Gasteiger partial charge in [0, 0.05) is 47.4 Å². The van der Waals surface area contributed by atoms with Crippen LogP contribution in [0, 0.1) is 0 Å². The zero-order chi connectivity index (χ0) is 20.7. The molecule has 154 valence electrons. The predicted molar refractivity (Wildman–Crippen MR) is 118 cm³/mol. The Balaban J connectivity index is 1.40. The molecular formula is C22H26N8. The first-order chi connectivity index (χ1) is 14.5. The number of hydrogen-bond donors (Lipinski definition) is 3. The molecule has 1 unspecified atom stereocenters. The summed E-state index contributed by atoms with van der Waals surface area (Å²) in [4.78, 5) is 2.30. The number of rotatable bonds is 4. The van der Waals surface area contributed by atoms with Crippen molar-refractivity contribution in [3.63, 3.8) is 0 Å². The van der Waals surface area contributed by atoms with Crippen LogP contribution in [0.25, 0.3) is 33.3 Å². The number of nitrogens with one attached hydrogen (secondary N) is 3. The molecule has 0 saturated carbocycles. The van der Waals surface area contributed by atoms with E-state index in [0.717, 1.165) is 58.6 Å². The minimum absolute atomic E-state index is 0.119. The van der Waals surface area contributed by atoms with E-state index in [2.05, 4.69) is 79.8 Å². The van der Waals surface area contributed by atoms with Crippen LogP contribution in [-0.2, 0) is 0 Å². The number of hydrogen-bond acceptors (Lipinski definition) is 6. The normalized spacial score (nSPS) is 17.2. The molecule has 0 amide bonds. The smallest absolute Gasteiger partial charge is 0.151 e. The Labute approximate surface area is 175 Å². The van der Waals surface area contributed by atoms with Gasteiger partial charge in [0.05, 0.1) is 23.6 Å². The third-order valence-corrected chi connectivity index (χ3v) is 5.50. The van der Waals surface area contributed by atoms with Crippen LogP contribution in [-0.4, -0.2) is 55.3 Å². The number of benzene rings is 1. The van der Waals surface area contributed by atoms with Crippen LogP contribution in [0.2, 0.25) is 0 Å². The van der Waals surface area contributed by atoms with E-state index in [4.69, 9.17) is 0 Å². The minimum atomic E-state index is 0.119. The molecule has 8 heteroatoms. The highest BCUT2D eigenvalue weighted by molar-refractivity contribution is 6.01. The summed E-state index contributed by atoms with van der Waals surface area (Å²) in [5.74, 6) is 0.924. The van der Waals surface area contributed by atoms with Crippen molar-refractivity contribution in [3.05, 3.63) is 42.9 Å². The van der Waals surface area contributed by atoms with E-state index in [1.54, 1.807) is 0 Å². The maximum Gasteiger partial charge on any atom is 0.151 e. The topological polar surface area (TPSA) is 98.4 Å². The summed E-state index contributed by atoms with van der Waals surface area (Å²) in [6, 6.07) is 8.72. The van der Waals surface area contributed by atoms with Gasteiger partial charge in [0.25, 0.3) is 0 Å².